The lowest BCUT2D eigenvalue weighted by atomic mass is 10.1. The number of benzene rings is 3. The molecule has 4 aromatic rings. The number of imidazole rings is 1. The standard InChI is InChI=1S/C20H16N4O/c1-13-6-8-14(9-7-13)23-24-15-10-11-19(25)16(12-15)20-21-17-4-2-3-5-18(17)22-20/h2-12,25H,1H3,(H,21,22). The molecule has 0 saturated heterocycles. The Balaban J connectivity index is 1.69. The number of para-hydroxylation sites is 2. The summed E-state index contributed by atoms with van der Waals surface area (Å²) in [7, 11) is 0. The van der Waals surface area contributed by atoms with Gasteiger partial charge in [-0.3, -0.25) is 0 Å². The molecule has 0 spiro atoms. The minimum Gasteiger partial charge on any atom is -0.507 e. The number of hydrogen-bond acceptors (Lipinski definition) is 4. The summed E-state index contributed by atoms with van der Waals surface area (Å²) < 4.78 is 0. The fourth-order valence-electron chi connectivity index (χ4n) is 2.58. The Morgan fingerprint density at radius 3 is 2.40 bits per heavy atom. The van der Waals surface area contributed by atoms with E-state index in [1.54, 1.807) is 18.2 Å². The van der Waals surface area contributed by atoms with Crippen LogP contribution in [0.2, 0.25) is 0 Å². The maximum atomic E-state index is 10.2. The van der Waals surface area contributed by atoms with E-state index in [9.17, 15) is 5.11 Å². The lowest BCUT2D eigenvalue weighted by Gasteiger charge is -2.02. The van der Waals surface area contributed by atoms with E-state index >= 15 is 0 Å². The Labute approximate surface area is 144 Å². The van der Waals surface area contributed by atoms with Crippen molar-refractivity contribution < 1.29 is 5.11 Å². The number of nitrogens with one attached hydrogen (secondary N) is 1. The topological polar surface area (TPSA) is 73.6 Å². The number of aromatic nitrogens is 2. The highest BCUT2D eigenvalue weighted by Crippen LogP contribution is 2.32. The summed E-state index contributed by atoms with van der Waals surface area (Å²) in [5.74, 6) is 0.749. The van der Waals surface area contributed by atoms with Crippen molar-refractivity contribution in [1.82, 2.24) is 9.97 Å². The molecule has 1 heterocycles. The molecule has 0 radical (unpaired) electrons. The molecule has 0 aliphatic heterocycles. The highest BCUT2D eigenvalue weighted by atomic mass is 16.3. The van der Waals surface area contributed by atoms with Gasteiger partial charge in [-0.25, -0.2) is 4.98 Å². The Morgan fingerprint density at radius 2 is 1.60 bits per heavy atom. The van der Waals surface area contributed by atoms with E-state index in [4.69, 9.17) is 0 Å². The van der Waals surface area contributed by atoms with Crippen molar-refractivity contribution in [2.75, 3.05) is 0 Å². The average Bonchev–Trinajstić information content (AvgIpc) is 3.06. The number of aromatic hydroxyl groups is 1. The second kappa shape index (κ2) is 6.20. The summed E-state index contributed by atoms with van der Waals surface area (Å²) >= 11 is 0. The van der Waals surface area contributed by atoms with Crippen molar-refractivity contribution >= 4 is 22.4 Å². The van der Waals surface area contributed by atoms with Gasteiger partial charge in [0.1, 0.15) is 11.6 Å². The van der Waals surface area contributed by atoms with Crippen LogP contribution in [0.15, 0.2) is 77.0 Å². The third-order valence-electron chi connectivity index (χ3n) is 3.94. The fourth-order valence-corrected chi connectivity index (χ4v) is 2.58. The summed E-state index contributed by atoms with van der Waals surface area (Å²) in [5, 5.41) is 18.7. The molecule has 0 bridgehead atoms. The van der Waals surface area contributed by atoms with Crippen molar-refractivity contribution in [3.8, 4) is 17.1 Å². The number of fused-ring (bicyclic) bond motifs is 1. The summed E-state index contributed by atoms with van der Waals surface area (Å²) in [6.07, 6.45) is 0. The predicted octanol–water partition coefficient (Wildman–Crippen LogP) is 5.66. The Morgan fingerprint density at radius 1 is 0.880 bits per heavy atom. The first-order valence-corrected chi connectivity index (χ1v) is 7.95. The first kappa shape index (κ1) is 15.1. The van der Waals surface area contributed by atoms with Gasteiger partial charge in [0.15, 0.2) is 0 Å². The van der Waals surface area contributed by atoms with Gasteiger partial charge in [-0.15, -0.1) is 0 Å². The first-order chi connectivity index (χ1) is 12.2. The number of hydrogen-bond donors (Lipinski definition) is 2. The average molecular weight is 328 g/mol. The van der Waals surface area contributed by atoms with Gasteiger partial charge in [-0.05, 0) is 49.4 Å². The number of H-pyrrole nitrogens is 1. The minimum atomic E-state index is 0.147. The van der Waals surface area contributed by atoms with Gasteiger partial charge >= 0.3 is 0 Å². The van der Waals surface area contributed by atoms with Crippen molar-refractivity contribution in [2.24, 2.45) is 10.2 Å². The smallest absolute Gasteiger partial charge is 0.142 e. The van der Waals surface area contributed by atoms with Crippen molar-refractivity contribution in [1.29, 1.82) is 0 Å². The van der Waals surface area contributed by atoms with Crippen molar-refractivity contribution in [3.05, 3.63) is 72.3 Å². The van der Waals surface area contributed by atoms with Gasteiger partial charge in [-0.1, -0.05) is 29.8 Å². The monoisotopic (exact) mass is 328 g/mol. The first-order valence-electron chi connectivity index (χ1n) is 7.95. The maximum Gasteiger partial charge on any atom is 0.142 e. The SMILES string of the molecule is Cc1ccc(N=Nc2ccc(O)c(-c3nc4ccccc4[nH]3)c2)cc1. The molecule has 122 valence electrons. The van der Waals surface area contributed by atoms with Crippen LogP contribution in [0.3, 0.4) is 0 Å². The van der Waals surface area contributed by atoms with Crippen molar-refractivity contribution in [2.45, 2.75) is 6.92 Å². The normalized spacial score (nSPS) is 11.4. The van der Waals surface area contributed by atoms with E-state index in [0.717, 1.165) is 16.7 Å². The van der Waals surface area contributed by atoms with E-state index in [2.05, 4.69) is 20.2 Å². The molecule has 2 N–H and O–H groups in total. The molecule has 0 aliphatic rings. The number of phenolic OH excluding ortho intramolecular Hbond substituents is 1. The van der Waals surface area contributed by atoms with E-state index in [1.807, 2.05) is 55.5 Å². The van der Waals surface area contributed by atoms with Gasteiger partial charge in [-0.2, -0.15) is 10.2 Å². The summed E-state index contributed by atoms with van der Waals surface area (Å²) in [6.45, 7) is 2.03. The minimum absolute atomic E-state index is 0.147. The molecular weight excluding hydrogens is 312 g/mol. The third-order valence-corrected chi connectivity index (χ3v) is 3.94. The zero-order valence-corrected chi connectivity index (χ0v) is 13.6. The molecule has 5 heteroatoms. The van der Waals surface area contributed by atoms with Gasteiger partial charge in [0.05, 0.1) is 28.0 Å². The van der Waals surface area contributed by atoms with Crippen LogP contribution < -0.4 is 0 Å². The quantitative estimate of drug-likeness (QED) is 0.476. The van der Waals surface area contributed by atoms with Crippen LogP contribution in [0.1, 0.15) is 5.56 Å². The zero-order valence-electron chi connectivity index (χ0n) is 13.6. The molecule has 4 rings (SSSR count). The van der Waals surface area contributed by atoms with E-state index < -0.39 is 0 Å². The largest absolute Gasteiger partial charge is 0.507 e. The highest BCUT2D eigenvalue weighted by molar-refractivity contribution is 5.81. The number of aromatic amines is 1. The van der Waals surface area contributed by atoms with Gasteiger partial charge in [0.2, 0.25) is 0 Å². The van der Waals surface area contributed by atoms with E-state index in [-0.39, 0.29) is 5.75 Å². The second-order valence-electron chi connectivity index (χ2n) is 5.84. The molecule has 5 nitrogen and oxygen atoms in total. The summed E-state index contributed by atoms with van der Waals surface area (Å²) in [6, 6.07) is 20.7. The maximum absolute atomic E-state index is 10.2. The number of azo groups is 1. The molecule has 1 aromatic heterocycles. The summed E-state index contributed by atoms with van der Waals surface area (Å²) in [4.78, 5) is 7.74. The second-order valence-corrected chi connectivity index (χ2v) is 5.84. The molecule has 3 aromatic carbocycles. The van der Waals surface area contributed by atoms with E-state index in [1.165, 1.54) is 5.56 Å². The number of rotatable bonds is 3. The van der Waals surface area contributed by atoms with Crippen LogP contribution in [0, 0.1) is 6.92 Å². The molecule has 0 amide bonds. The predicted molar refractivity (Wildman–Crippen MR) is 98.5 cm³/mol. The molecule has 0 aliphatic carbocycles. The van der Waals surface area contributed by atoms with Crippen LogP contribution in [-0.4, -0.2) is 15.1 Å². The van der Waals surface area contributed by atoms with Crippen LogP contribution in [-0.2, 0) is 0 Å². The van der Waals surface area contributed by atoms with Crippen LogP contribution in [0.4, 0.5) is 11.4 Å². The third kappa shape index (κ3) is 3.12. The van der Waals surface area contributed by atoms with Gasteiger partial charge in [0.25, 0.3) is 0 Å². The van der Waals surface area contributed by atoms with Crippen LogP contribution in [0.25, 0.3) is 22.4 Å². The molecular formula is C20H16N4O. The number of phenols is 1. The zero-order chi connectivity index (χ0) is 17.2. The van der Waals surface area contributed by atoms with E-state index in [0.29, 0.717) is 17.1 Å². The lowest BCUT2D eigenvalue weighted by molar-refractivity contribution is 0.477. The number of nitrogens with zero attached hydrogens (tertiary/aromatic N) is 3. The van der Waals surface area contributed by atoms with Crippen LogP contribution in [0.5, 0.6) is 5.75 Å². The Kier molecular flexibility index (Phi) is 3.74. The summed E-state index contributed by atoms with van der Waals surface area (Å²) in [5.41, 5.74) is 4.97. The fraction of sp³-hybridized carbons (Fsp3) is 0.0500. The molecule has 0 atom stereocenters. The van der Waals surface area contributed by atoms with Gasteiger partial charge < -0.3 is 10.1 Å². The van der Waals surface area contributed by atoms with Gasteiger partial charge in [0, 0.05) is 0 Å². The Bertz CT molecular complexity index is 1030. The van der Waals surface area contributed by atoms with Crippen molar-refractivity contribution in [3.63, 3.8) is 0 Å². The highest BCUT2D eigenvalue weighted by Gasteiger charge is 2.10. The Hall–Kier alpha value is -3.47. The molecule has 0 fully saturated rings. The molecule has 0 unspecified atom stereocenters. The lowest BCUT2D eigenvalue weighted by Crippen LogP contribution is -1.81. The molecule has 25 heavy (non-hydrogen) atoms. The van der Waals surface area contributed by atoms with Crippen LogP contribution >= 0.6 is 0 Å². The molecule has 0 saturated carbocycles. The number of aryl methyl sites for hydroxylation is 1.